The summed E-state index contributed by atoms with van der Waals surface area (Å²) in [6.45, 7) is 5.35. The number of likely N-dealkylation sites (tertiary alicyclic amines) is 1. The number of benzene rings is 1. The zero-order chi connectivity index (χ0) is 17.0. The van der Waals surface area contributed by atoms with Gasteiger partial charge in [0.15, 0.2) is 0 Å². The first kappa shape index (κ1) is 17.0. The minimum Gasteiger partial charge on any atom is -0.491 e. The van der Waals surface area contributed by atoms with Gasteiger partial charge in [0.2, 0.25) is 0 Å². The number of nitrogens with zero attached hydrogens (tertiary/aromatic N) is 2. The molecule has 0 spiro atoms. The summed E-state index contributed by atoms with van der Waals surface area (Å²) in [5, 5.41) is 0.646. The number of para-hydroxylation sites is 1. The monoisotopic (exact) mass is 347 g/mol. The second kappa shape index (κ2) is 7.36. The van der Waals surface area contributed by atoms with Crippen molar-refractivity contribution in [2.45, 2.75) is 26.3 Å². The topological polar surface area (TPSA) is 58.2 Å². The van der Waals surface area contributed by atoms with Crippen molar-refractivity contribution in [2.75, 3.05) is 19.7 Å². The quantitative estimate of drug-likeness (QED) is 0.902. The van der Waals surface area contributed by atoms with E-state index in [1.165, 1.54) is 0 Å². The number of hydrogen-bond acceptors (Lipinski definition) is 4. The lowest BCUT2D eigenvalue weighted by Gasteiger charge is -2.38. The number of aromatic nitrogens is 2. The van der Waals surface area contributed by atoms with Crippen LogP contribution in [-0.2, 0) is 6.54 Å². The van der Waals surface area contributed by atoms with Crippen molar-refractivity contribution < 1.29 is 4.74 Å². The Labute approximate surface area is 146 Å². The van der Waals surface area contributed by atoms with Gasteiger partial charge in [0.1, 0.15) is 11.4 Å². The molecule has 1 fully saturated rings. The molecule has 3 rings (SSSR count). The van der Waals surface area contributed by atoms with Crippen LogP contribution in [0.1, 0.15) is 25.5 Å². The van der Waals surface area contributed by atoms with Gasteiger partial charge < -0.3 is 9.72 Å². The summed E-state index contributed by atoms with van der Waals surface area (Å²) in [6, 6.07) is 7.56. The van der Waals surface area contributed by atoms with E-state index >= 15 is 0 Å². The molecule has 0 amide bonds. The summed E-state index contributed by atoms with van der Waals surface area (Å²) in [4.78, 5) is 20.8. The molecule has 0 atom stereocenters. The molecule has 0 aliphatic carbocycles. The van der Waals surface area contributed by atoms with Gasteiger partial charge >= 0.3 is 0 Å². The zero-order valence-electron chi connectivity index (χ0n) is 13.8. The third-order valence-corrected chi connectivity index (χ3v) is 4.94. The number of nitrogens with one attached hydrogen (secondary N) is 1. The van der Waals surface area contributed by atoms with Gasteiger partial charge in [0.25, 0.3) is 5.56 Å². The molecule has 1 N–H and O–H groups in total. The van der Waals surface area contributed by atoms with Crippen molar-refractivity contribution in [3.63, 3.8) is 0 Å². The van der Waals surface area contributed by atoms with E-state index in [0.29, 0.717) is 23.9 Å². The van der Waals surface area contributed by atoms with E-state index in [9.17, 15) is 4.79 Å². The van der Waals surface area contributed by atoms with E-state index in [2.05, 4.69) is 21.8 Å². The van der Waals surface area contributed by atoms with Crippen LogP contribution in [-0.4, -0.2) is 34.6 Å². The van der Waals surface area contributed by atoms with Gasteiger partial charge in [-0.05, 0) is 38.1 Å². The minimum absolute atomic E-state index is 0.104. The first-order valence-corrected chi connectivity index (χ1v) is 8.56. The standard InChI is InChI=1S/C18H22ClN3O2/c1-18(13-24-16-5-3-2-4-14(16)19)6-10-22(11-7-18)12-15-17(23)21-9-8-20-15/h2-5,8-9H,6-7,10-13H2,1H3,(H,21,23). The van der Waals surface area contributed by atoms with E-state index in [1.54, 1.807) is 12.4 Å². The Morgan fingerprint density at radius 3 is 2.79 bits per heavy atom. The second-order valence-corrected chi connectivity index (χ2v) is 7.08. The summed E-state index contributed by atoms with van der Waals surface area (Å²) in [5.74, 6) is 0.739. The summed E-state index contributed by atoms with van der Waals surface area (Å²) >= 11 is 6.14. The summed E-state index contributed by atoms with van der Waals surface area (Å²) in [5.41, 5.74) is 0.591. The molecule has 2 aromatic rings. The van der Waals surface area contributed by atoms with Crippen LogP contribution in [0.15, 0.2) is 41.5 Å². The van der Waals surface area contributed by atoms with Gasteiger partial charge in [-0.1, -0.05) is 30.7 Å². The molecular formula is C18H22ClN3O2. The van der Waals surface area contributed by atoms with E-state index in [-0.39, 0.29) is 11.0 Å². The second-order valence-electron chi connectivity index (χ2n) is 6.67. The Morgan fingerprint density at radius 2 is 2.08 bits per heavy atom. The third-order valence-electron chi connectivity index (χ3n) is 4.63. The van der Waals surface area contributed by atoms with Crippen molar-refractivity contribution in [3.05, 3.63) is 57.7 Å². The van der Waals surface area contributed by atoms with Crippen LogP contribution in [0, 0.1) is 5.41 Å². The number of H-pyrrole nitrogens is 1. The zero-order valence-corrected chi connectivity index (χ0v) is 14.6. The van der Waals surface area contributed by atoms with E-state index in [0.717, 1.165) is 31.7 Å². The molecule has 0 saturated carbocycles. The Hall–Kier alpha value is -1.85. The summed E-state index contributed by atoms with van der Waals surface area (Å²) in [7, 11) is 0. The predicted molar refractivity (Wildman–Crippen MR) is 94.4 cm³/mol. The molecule has 6 heteroatoms. The number of piperidine rings is 1. The molecule has 0 radical (unpaired) electrons. The smallest absolute Gasteiger partial charge is 0.270 e. The fraction of sp³-hybridized carbons (Fsp3) is 0.444. The molecule has 1 aromatic carbocycles. The number of aromatic amines is 1. The molecule has 1 aliphatic rings. The van der Waals surface area contributed by atoms with Crippen LogP contribution < -0.4 is 10.3 Å². The lowest BCUT2D eigenvalue weighted by molar-refractivity contribution is 0.0649. The Morgan fingerprint density at radius 1 is 1.33 bits per heavy atom. The lowest BCUT2D eigenvalue weighted by atomic mass is 9.81. The third kappa shape index (κ3) is 4.16. The van der Waals surface area contributed by atoms with Gasteiger partial charge in [-0.15, -0.1) is 0 Å². The lowest BCUT2D eigenvalue weighted by Crippen LogP contribution is -2.42. The van der Waals surface area contributed by atoms with Crippen molar-refractivity contribution in [1.29, 1.82) is 0 Å². The predicted octanol–water partition coefficient (Wildman–Crippen LogP) is 3.10. The highest BCUT2D eigenvalue weighted by Gasteiger charge is 2.31. The molecule has 128 valence electrons. The molecule has 5 nitrogen and oxygen atoms in total. The molecule has 1 saturated heterocycles. The Bertz CT molecular complexity index is 739. The van der Waals surface area contributed by atoms with E-state index < -0.39 is 0 Å². The maximum atomic E-state index is 11.7. The van der Waals surface area contributed by atoms with Gasteiger partial charge in [-0.25, -0.2) is 0 Å². The number of halogens is 1. The molecule has 1 aliphatic heterocycles. The minimum atomic E-state index is -0.104. The van der Waals surface area contributed by atoms with Crippen molar-refractivity contribution in [2.24, 2.45) is 5.41 Å². The van der Waals surface area contributed by atoms with E-state index in [1.807, 2.05) is 24.3 Å². The van der Waals surface area contributed by atoms with Crippen molar-refractivity contribution in [3.8, 4) is 5.75 Å². The first-order valence-electron chi connectivity index (χ1n) is 8.18. The maximum absolute atomic E-state index is 11.7. The highest BCUT2D eigenvalue weighted by atomic mass is 35.5. The van der Waals surface area contributed by atoms with E-state index in [4.69, 9.17) is 16.3 Å². The Balaban J connectivity index is 1.53. The molecule has 0 unspecified atom stereocenters. The van der Waals surface area contributed by atoms with Crippen LogP contribution in [0.5, 0.6) is 5.75 Å². The Kier molecular flexibility index (Phi) is 5.21. The largest absolute Gasteiger partial charge is 0.491 e. The van der Waals surface area contributed by atoms with Gasteiger partial charge in [0, 0.05) is 24.4 Å². The average Bonchev–Trinajstić information content (AvgIpc) is 2.58. The van der Waals surface area contributed by atoms with Crippen LogP contribution >= 0.6 is 11.6 Å². The van der Waals surface area contributed by atoms with Gasteiger partial charge in [-0.3, -0.25) is 14.7 Å². The molecule has 0 bridgehead atoms. The van der Waals surface area contributed by atoms with Crippen LogP contribution in [0.3, 0.4) is 0 Å². The number of hydrogen-bond donors (Lipinski definition) is 1. The van der Waals surface area contributed by atoms with Crippen LogP contribution in [0.25, 0.3) is 0 Å². The van der Waals surface area contributed by atoms with Crippen molar-refractivity contribution >= 4 is 11.6 Å². The van der Waals surface area contributed by atoms with Crippen molar-refractivity contribution in [1.82, 2.24) is 14.9 Å². The summed E-state index contributed by atoms with van der Waals surface area (Å²) in [6.07, 6.45) is 5.22. The average molecular weight is 348 g/mol. The molecule has 2 heterocycles. The summed E-state index contributed by atoms with van der Waals surface area (Å²) < 4.78 is 5.93. The number of ether oxygens (including phenoxy) is 1. The van der Waals surface area contributed by atoms with Gasteiger partial charge in [-0.2, -0.15) is 0 Å². The fourth-order valence-electron chi connectivity index (χ4n) is 2.92. The fourth-order valence-corrected chi connectivity index (χ4v) is 3.11. The molecular weight excluding hydrogens is 326 g/mol. The molecule has 24 heavy (non-hydrogen) atoms. The van der Waals surface area contributed by atoms with Gasteiger partial charge in [0.05, 0.1) is 11.6 Å². The highest BCUT2D eigenvalue weighted by molar-refractivity contribution is 6.32. The molecule has 1 aromatic heterocycles. The first-order chi connectivity index (χ1) is 11.6. The van der Waals surface area contributed by atoms with Crippen LogP contribution in [0.4, 0.5) is 0 Å². The highest BCUT2D eigenvalue weighted by Crippen LogP contribution is 2.33. The number of rotatable bonds is 5. The normalized spacial score (nSPS) is 17.6. The SMILES string of the molecule is CC1(COc2ccccc2Cl)CCN(Cc2ncc[nH]c2=O)CC1. The maximum Gasteiger partial charge on any atom is 0.270 e. The van der Waals surface area contributed by atoms with Crippen LogP contribution in [0.2, 0.25) is 5.02 Å².